The van der Waals surface area contributed by atoms with Crippen LogP contribution in [0.5, 0.6) is 5.75 Å². The molecule has 0 saturated carbocycles. The fourth-order valence-corrected chi connectivity index (χ4v) is 2.31. The summed E-state index contributed by atoms with van der Waals surface area (Å²) in [4.78, 5) is 10.8. The van der Waals surface area contributed by atoms with Crippen LogP contribution >= 0.6 is 39.1 Å². The van der Waals surface area contributed by atoms with Crippen LogP contribution in [0.4, 0.5) is 0 Å². The van der Waals surface area contributed by atoms with Gasteiger partial charge in [0.1, 0.15) is 12.4 Å². The second kappa shape index (κ2) is 6.48. The zero-order chi connectivity index (χ0) is 14.7. The first-order valence-corrected chi connectivity index (χ1v) is 7.12. The molecule has 0 atom stereocenters. The maximum Gasteiger partial charge on any atom is 0.335 e. The fourth-order valence-electron chi connectivity index (χ4n) is 1.53. The van der Waals surface area contributed by atoms with Crippen LogP contribution in [-0.2, 0) is 6.61 Å². The summed E-state index contributed by atoms with van der Waals surface area (Å²) in [6.45, 7) is 0.290. The van der Waals surface area contributed by atoms with E-state index in [0.717, 1.165) is 5.56 Å². The predicted octanol–water partition coefficient (Wildman–Crippen LogP) is 5.03. The van der Waals surface area contributed by atoms with E-state index in [1.807, 2.05) is 0 Å². The molecule has 0 saturated heterocycles. The molecule has 20 heavy (non-hydrogen) atoms. The van der Waals surface area contributed by atoms with Gasteiger partial charge >= 0.3 is 5.97 Å². The van der Waals surface area contributed by atoms with Gasteiger partial charge in [-0.2, -0.15) is 0 Å². The highest BCUT2D eigenvalue weighted by Crippen LogP contribution is 2.27. The number of benzene rings is 2. The van der Waals surface area contributed by atoms with Gasteiger partial charge in [-0.3, -0.25) is 0 Å². The molecular weight excluding hydrogens is 367 g/mol. The number of aromatic carboxylic acids is 1. The number of hydrogen-bond donors (Lipinski definition) is 1. The summed E-state index contributed by atoms with van der Waals surface area (Å²) < 4.78 is 6.27. The molecule has 0 radical (unpaired) electrons. The first-order chi connectivity index (χ1) is 9.47. The van der Waals surface area contributed by atoms with Gasteiger partial charge in [0.05, 0.1) is 15.6 Å². The maximum absolute atomic E-state index is 10.8. The minimum absolute atomic E-state index is 0.218. The zero-order valence-electron chi connectivity index (χ0n) is 10.1. The molecular formula is C14H9BrCl2O3. The molecule has 0 spiro atoms. The highest BCUT2D eigenvalue weighted by Gasteiger charge is 2.08. The monoisotopic (exact) mass is 374 g/mol. The Morgan fingerprint density at radius 2 is 1.90 bits per heavy atom. The molecule has 0 fully saturated rings. The molecule has 0 heterocycles. The molecule has 2 aromatic rings. The van der Waals surface area contributed by atoms with Gasteiger partial charge in [0.25, 0.3) is 0 Å². The lowest BCUT2D eigenvalue weighted by atomic mass is 10.1. The molecule has 2 rings (SSSR count). The van der Waals surface area contributed by atoms with Crippen molar-refractivity contribution >= 4 is 45.1 Å². The Kier molecular flexibility index (Phi) is 4.91. The lowest BCUT2D eigenvalue weighted by Gasteiger charge is -2.09. The number of carbonyl (C=O) groups is 1. The normalized spacial score (nSPS) is 10.3. The van der Waals surface area contributed by atoms with Crippen molar-refractivity contribution in [3.63, 3.8) is 0 Å². The molecule has 0 aliphatic rings. The van der Waals surface area contributed by atoms with Crippen LogP contribution in [0.15, 0.2) is 40.9 Å². The van der Waals surface area contributed by atoms with Gasteiger partial charge in [0, 0.05) is 16.1 Å². The van der Waals surface area contributed by atoms with Crippen LogP contribution in [-0.4, -0.2) is 11.1 Å². The molecule has 0 aromatic heterocycles. The highest BCUT2D eigenvalue weighted by atomic mass is 79.9. The maximum atomic E-state index is 10.8. The van der Waals surface area contributed by atoms with E-state index in [2.05, 4.69) is 15.9 Å². The van der Waals surface area contributed by atoms with Crippen molar-refractivity contribution in [2.75, 3.05) is 0 Å². The predicted molar refractivity (Wildman–Crippen MR) is 81.9 cm³/mol. The molecule has 2 aromatic carbocycles. The molecule has 0 unspecified atom stereocenters. The van der Waals surface area contributed by atoms with Crippen LogP contribution < -0.4 is 4.74 Å². The second-order valence-electron chi connectivity index (χ2n) is 3.98. The van der Waals surface area contributed by atoms with E-state index in [4.69, 9.17) is 33.0 Å². The lowest BCUT2D eigenvalue weighted by Crippen LogP contribution is -2.00. The van der Waals surface area contributed by atoms with Crippen molar-refractivity contribution in [2.45, 2.75) is 6.61 Å². The number of halogens is 3. The van der Waals surface area contributed by atoms with E-state index in [1.165, 1.54) is 12.1 Å². The van der Waals surface area contributed by atoms with E-state index in [1.54, 1.807) is 24.3 Å². The average molecular weight is 376 g/mol. The number of carboxylic acid groups (broad SMARTS) is 1. The fraction of sp³-hybridized carbons (Fsp3) is 0.0714. The third kappa shape index (κ3) is 3.66. The molecule has 0 aliphatic carbocycles. The highest BCUT2D eigenvalue weighted by molar-refractivity contribution is 9.10. The summed E-state index contributed by atoms with van der Waals surface area (Å²) in [6.07, 6.45) is 0. The second-order valence-corrected chi connectivity index (χ2v) is 5.64. The lowest BCUT2D eigenvalue weighted by molar-refractivity contribution is 0.0696. The van der Waals surface area contributed by atoms with E-state index < -0.39 is 5.97 Å². The Balaban J connectivity index is 2.10. The van der Waals surface area contributed by atoms with Gasteiger partial charge in [-0.1, -0.05) is 45.2 Å². The molecule has 0 aliphatic heterocycles. The Hall–Kier alpha value is -1.23. The Labute approximate surface area is 134 Å². The van der Waals surface area contributed by atoms with Crippen LogP contribution in [0.2, 0.25) is 10.0 Å². The van der Waals surface area contributed by atoms with Gasteiger partial charge in [-0.05, 0) is 24.3 Å². The summed E-state index contributed by atoms with van der Waals surface area (Å²) >= 11 is 15.0. The Morgan fingerprint density at radius 3 is 2.50 bits per heavy atom. The molecule has 0 bridgehead atoms. The topological polar surface area (TPSA) is 46.5 Å². The largest absolute Gasteiger partial charge is 0.489 e. The van der Waals surface area contributed by atoms with Crippen molar-refractivity contribution in [3.8, 4) is 5.75 Å². The van der Waals surface area contributed by atoms with Gasteiger partial charge in [0.15, 0.2) is 0 Å². The van der Waals surface area contributed by atoms with Crippen LogP contribution in [0.25, 0.3) is 0 Å². The molecule has 0 amide bonds. The van der Waals surface area contributed by atoms with Crippen molar-refractivity contribution in [1.82, 2.24) is 0 Å². The summed E-state index contributed by atoms with van der Waals surface area (Å²) in [6, 6.07) is 9.76. The van der Waals surface area contributed by atoms with Crippen LogP contribution in [0.3, 0.4) is 0 Å². The average Bonchev–Trinajstić information content (AvgIpc) is 2.41. The third-order valence-electron chi connectivity index (χ3n) is 2.59. The van der Waals surface area contributed by atoms with Crippen LogP contribution in [0.1, 0.15) is 15.9 Å². The Bertz CT molecular complexity index is 659. The standard InChI is InChI=1S/C14H9BrCl2O3/c15-11-5-8(14(18)19)1-2-9(11)7-20-10-3-4-12(16)13(17)6-10/h1-6H,7H2,(H,18,19). The van der Waals surface area contributed by atoms with Crippen molar-refractivity contribution in [1.29, 1.82) is 0 Å². The van der Waals surface area contributed by atoms with E-state index >= 15 is 0 Å². The van der Waals surface area contributed by atoms with Gasteiger partial charge in [-0.15, -0.1) is 0 Å². The quantitative estimate of drug-likeness (QED) is 0.814. The first kappa shape index (κ1) is 15.2. The third-order valence-corrected chi connectivity index (χ3v) is 4.06. The van der Waals surface area contributed by atoms with Gasteiger partial charge in [-0.25, -0.2) is 4.79 Å². The zero-order valence-corrected chi connectivity index (χ0v) is 13.2. The van der Waals surface area contributed by atoms with Crippen molar-refractivity contribution in [3.05, 3.63) is 62.0 Å². The minimum Gasteiger partial charge on any atom is -0.489 e. The molecule has 104 valence electrons. The number of ether oxygens (including phenoxy) is 1. The molecule has 1 N–H and O–H groups in total. The minimum atomic E-state index is -0.970. The smallest absolute Gasteiger partial charge is 0.335 e. The van der Waals surface area contributed by atoms with Gasteiger partial charge < -0.3 is 9.84 Å². The van der Waals surface area contributed by atoms with Crippen LogP contribution in [0, 0.1) is 0 Å². The van der Waals surface area contributed by atoms with Crippen molar-refractivity contribution < 1.29 is 14.6 Å². The first-order valence-electron chi connectivity index (χ1n) is 5.57. The summed E-state index contributed by atoms with van der Waals surface area (Å²) in [7, 11) is 0. The molecule has 6 heteroatoms. The van der Waals surface area contributed by atoms with E-state index in [9.17, 15) is 4.79 Å². The number of rotatable bonds is 4. The molecule has 3 nitrogen and oxygen atoms in total. The Morgan fingerprint density at radius 1 is 1.15 bits per heavy atom. The van der Waals surface area contributed by atoms with Crippen molar-refractivity contribution in [2.24, 2.45) is 0 Å². The van der Waals surface area contributed by atoms with Gasteiger partial charge in [0.2, 0.25) is 0 Å². The van der Waals surface area contributed by atoms with E-state index in [0.29, 0.717) is 26.9 Å². The van der Waals surface area contributed by atoms with E-state index in [-0.39, 0.29) is 5.56 Å². The summed E-state index contributed by atoms with van der Waals surface area (Å²) in [5.41, 5.74) is 1.05. The number of hydrogen-bond acceptors (Lipinski definition) is 2. The summed E-state index contributed by atoms with van der Waals surface area (Å²) in [5, 5.41) is 9.77. The number of carboxylic acids is 1. The SMILES string of the molecule is O=C(O)c1ccc(COc2ccc(Cl)c(Cl)c2)c(Br)c1. The summed E-state index contributed by atoms with van der Waals surface area (Å²) in [5.74, 6) is -0.378.